The van der Waals surface area contributed by atoms with E-state index in [1.54, 1.807) is 16.7 Å². The van der Waals surface area contributed by atoms with Crippen molar-refractivity contribution in [2.75, 3.05) is 19.3 Å². The molecule has 2 aromatic rings. The topological polar surface area (TPSA) is 20.3 Å². The number of fused-ring (bicyclic) bond motifs is 1. The van der Waals surface area contributed by atoms with Crippen LogP contribution in [-0.4, -0.2) is 30.2 Å². The van der Waals surface area contributed by atoms with Gasteiger partial charge in [-0.1, -0.05) is 30.3 Å². The van der Waals surface area contributed by atoms with Crippen LogP contribution < -0.4 is 0 Å². The second-order valence-corrected chi connectivity index (χ2v) is 5.25. The van der Waals surface area contributed by atoms with Gasteiger partial charge in [-0.05, 0) is 29.8 Å². The SMILES string of the molecule is CCN(C)C(=O)CSc1ccc2ccccc2c1. The molecule has 2 rings (SSSR count). The van der Waals surface area contributed by atoms with Crippen LogP contribution in [0.3, 0.4) is 0 Å². The Labute approximate surface area is 112 Å². The van der Waals surface area contributed by atoms with Gasteiger partial charge in [0.15, 0.2) is 0 Å². The molecule has 0 spiro atoms. The van der Waals surface area contributed by atoms with Crippen molar-refractivity contribution in [3.63, 3.8) is 0 Å². The van der Waals surface area contributed by atoms with E-state index in [0.717, 1.165) is 11.4 Å². The molecule has 0 saturated heterocycles. The van der Waals surface area contributed by atoms with E-state index < -0.39 is 0 Å². The molecular formula is C15H17NOS. The van der Waals surface area contributed by atoms with Gasteiger partial charge < -0.3 is 4.90 Å². The van der Waals surface area contributed by atoms with Gasteiger partial charge in [-0.25, -0.2) is 0 Å². The Morgan fingerprint density at radius 1 is 1.17 bits per heavy atom. The number of carbonyl (C=O) groups excluding carboxylic acids is 1. The number of hydrogen-bond donors (Lipinski definition) is 0. The average Bonchev–Trinajstić information content (AvgIpc) is 2.43. The molecule has 0 N–H and O–H groups in total. The zero-order valence-corrected chi connectivity index (χ0v) is 11.5. The van der Waals surface area contributed by atoms with Gasteiger partial charge in [0.05, 0.1) is 5.75 Å². The van der Waals surface area contributed by atoms with Crippen molar-refractivity contribution in [3.8, 4) is 0 Å². The predicted octanol–water partition coefficient (Wildman–Crippen LogP) is 3.41. The normalized spacial score (nSPS) is 10.6. The summed E-state index contributed by atoms with van der Waals surface area (Å²) in [6, 6.07) is 14.6. The van der Waals surface area contributed by atoms with E-state index in [9.17, 15) is 4.79 Å². The molecule has 3 heteroatoms. The highest BCUT2D eigenvalue weighted by molar-refractivity contribution is 8.00. The van der Waals surface area contributed by atoms with Gasteiger partial charge in [0.2, 0.25) is 5.91 Å². The molecule has 0 aromatic heterocycles. The van der Waals surface area contributed by atoms with E-state index in [1.165, 1.54) is 10.8 Å². The molecule has 0 atom stereocenters. The fourth-order valence-corrected chi connectivity index (χ4v) is 2.57. The summed E-state index contributed by atoms with van der Waals surface area (Å²) in [7, 11) is 1.84. The number of amides is 1. The standard InChI is InChI=1S/C15H17NOS/c1-3-16(2)15(17)11-18-14-9-8-12-6-4-5-7-13(12)10-14/h4-10H,3,11H2,1-2H3. The first-order chi connectivity index (χ1) is 8.70. The number of nitrogens with zero attached hydrogens (tertiary/aromatic N) is 1. The van der Waals surface area contributed by atoms with Gasteiger partial charge in [-0.3, -0.25) is 4.79 Å². The second-order valence-electron chi connectivity index (χ2n) is 4.21. The highest BCUT2D eigenvalue weighted by Crippen LogP contribution is 2.23. The van der Waals surface area contributed by atoms with Crippen molar-refractivity contribution in [2.45, 2.75) is 11.8 Å². The average molecular weight is 259 g/mol. The third-order valence-electron chi connectivity index (χ3n) is 2.98. The summed E-state index contributed by atoms with van der Waals surface area (Å²) in [6.07, 6.45) is 0. The van der Waals surface area contributed by atoms with Crippen LogP contribution in [0, 0.1) is 0 Å². The first-order valence-electron chi connectivity index (χ1n) is 6.06. The first-order valence-corrected chi connectivity index (χ1v) is 7.05. The van der Waals surface area contributed by atoms with Crippen LogP contribution in [0.5, 0.6) is 0 Å². The van der Waals surface area contributed by atoms with Gasteiger partial charge in [-0.15, -0.1) is 11.8 Å². The van der Waals surface area contributed by atoms with Gasteiger partial charge >= 0.3 is 0 Å². The summed E-state index contributed by atoms with van der Waals surface area (Å²) < 4.78 is 0. The number of hydrogen-bond acceptors (Lipinski definition) is 2. The molecule has 0 aliphatic heterocycles. The molecule has 1 amide bonds. The lowest BCUT2D eigenvalue weighted by Gasteiger charge is -2.13. The minimum atomic E-state index is 0.177. The van der Waals surface area contributed by atoms with Crippen LogP contribution in [0.15, 0.2) is 47.4 Å². The van der Waals surface area contributed by atoms with Crippen LogP contribution in [0.4, 0.5) is 0 Å². The van der Waals surface area contributed by atoms with Crippen molar-refractivity contribution in [1.82, 2.24) is 4.90 Å². The Bertz CT molecular complexity index is 553. The van der Waals surface area contributed by atoms with Gasteiger partial charge in [-0.2, -0.15) is 0 Å². The maximum Gasteiger partial charge on any atom is 0.232 e. The molecule has 2 nitrogen and oxygen atoms in total. The molecule has 2 aromatic carbocycles. The van der Waals surface area contributed by atoms with Gasteiger partial charge in [0.25, 0.3) is 0 Å². The van der Waals surface area contributed by atoms with Crippen LogP contribution in [0.1, 0.15) is 6.92 Å². The van der Waals surface area contributed by atoms with E-state index in [2.05, 4.69) is 30.3 Å². The lowest BCUT2D eigenvalue weighted by molar-refractivity contribution is -0.126. The molecule has 0 bridgehead atoms. The second kappa shape index (κ2) is 5.91. The minimum absolute atomic E-state index is 0.177. The zero-order valence-electron chi connectivity index (χ0n) is 10.7. The van der Waals surface area contributed by atoms with Crippen molar-refractivity contribution in [2.24, 2.45) is 0 Å². The highest BCUT2D eigenvalue weighted by atomic mass is 32.2. The summed E-state index contributed by atoms with van der Waals surface area (Å²) in [5.41, 5.74) is 0. The lowest BCUT2D eigenvalue weighted by Crippen LogP contribution is -2.27. The van der Waals surface area contributed by atoms with Crippen molar-refractivity contribution in [3.05, 3.63) is 42.5 Å². The number of benzene rings is 2. The molecule has 18 heavy (non-hydrogen) atoms. The largest absolute Gasteiger partial charge is 0.345 e. The van der Waals surface area contributed by atoms with Crippen molar-refractivity contribution in [1.29, 1.82) is 0 Å². The minimum Gasteiger partial charge on any atom is -0.345 e. The monoisotopic (exact) mass is 259 g/mol. The first kappa shape index (κ1) is 13.0. The van der Waals surface area contributed by atoms with E-state index in [0.29, 0.717) is 5.75 Å². The highest BCUT2D eigenvalue weighted by Gasteiger charge is 2.07. The Hall–Kier alpha value is -1.48. The Morgan fingerprint density at radius 3 is 2.61 bits per heavy atom. The van der Waals surface area contributed by atoms with Crippen LogP contribution >= 0.6 is 11.8 Å². The van der Waals surface area contributed by atoms with E-state index in [4.69, 9.17) is 0 Å². The molecule has 0 radical (unpaired) electrons. The molecule has 0 fully saturated rings. The maximum absolute atomic E-state index is 11.7. The smallest absolute Gasteiger partial charge is 0.232 e. The van der Waals surface area contributed by atoms with Gasteiger partial charge in [0, 0.05) is 18.5 Å². The predicted molar refractivity (Wildman–Crippen MR) is 78.0 cm³/mol. The molecule has 0 saturated carbocycles. The number of carbonyl (C=O) groups is 1. The van der Waals surface area contributed by atoms with E-state index in [1.807, 2.05) is 26.1 Å². The van der Waals surface area contributed by atoms with E-state index in [-0.39, 0.29) is 5.91 Å². The quantitative estimate of drug-likeness (QED) is 0.784. The number of rotatable bonds is 4. The van der Waals surface area contributed by atoms with Crippen molar-refractivity contribution < 1.29 is 4.79 Å². The molecule has 0 aliphatic rings. The third-order valence-corrected chi connectivity index (χ3v) is 3.96. The lowest BCUT2D eigenvalue weighted by atomic mass is 10.1. The van der Waals surface area contributed by atoms with E-state index >= 15 is 0 Å². The number of thioether (sulfide) groups is 1. The van der Waals surface area contributed by atoms with Gasteiger partial charge in [0.1, 0.15) is 0 Å². The Morgan fingerprint density at radius 2 is 1.89 bits per heavy atom. The fourth-order valence-electron chi connectivity index (χ4n) is 1.69. The zero-order chi connectivity index (χ0) is 13.0. The summed E-state index contributed by atoms with van der Waals surface area (Å²) in [4.78, 5) is 14.6. The molecule has 94 valence electrons. The fraction of sp³-hybridized carbons (Fsp3) is 0.267. The van der Waals surface area contributed by atoms with Crippen LogP contribution in [0.25, 0.3) is 10.8 Å². The van der Waals surface area contributed by atoms with Crippen LogP contribution in [-0.2, 0) is 4.79 Å². The molecule has 0 unspecified atom stereocenters. The third kappa shape index (κ3) is 3.05. The molecule has 0 aliphatic carbocycles. The Balaban J connectivity index is 2.06. The molecular weight excluding hydrogens is 242 g/mol. The van der Waals surface area contributed by atoms with Crippen LogP contribution in [0.2, 0.25) is 0 Å². The summed E-state index contributed by atoms with van der Waals surface area (Å²) in [5, 5.41) is 2.46. The summed E-state index contributed by atoms with van der Waals surface area (Å²) in [5.74, 6) is 0.679. The summed E-state index contributed by atoms with van der Waals surface area (Å²) >= 11 is 1.60. The maximum atomic E-state index is 11.7. The Kier molecular flexibility index (Phi) is 4.26. The van der Waals surface area contributed by atoms with Crippen molar-refractivity contribution >= 4 is 28.4 Å². The molecule has 0 heterocycles. The summed E-state index contributed by atoms with van der Waals surface area (Å²) in [6.45, 7) is 2.75.